The zero-order valence-corrected chi connectivity index (χ0v) is 12.9. The summed E-state index contributed by atoms with van der Waals surface area (Å²) in [4.78, 5) is 25.4. The van der Waals surface area contributed by atoms with Gasteiger partial charge in [0.2, 0.25) is 0 Å². The van der Waals surface area contributed by atoms with Crippen molar-refractivity contribution in [3.05, 3.63) is 27.8 Å². The van der Waals surface area contributed by atoms with Crippen LogP contribution in [0.1, 0.15) is 19.3 Å². The van der Waals surface area contributed by atoms with Gasteiger partial charge >= 0.3 is 12.0 Å². The SMILES string of the molecule is O=C(O)C1CC2CCC1N2C(=O)Nc1ccccc1I. The highest BCUT2D eigenvalue weighted by molar-refractivity contribution is 14.1. The molecule has 5 nitrogen and oxygen atoms in total. The second kappa shape index (κ2) is 5.23. The quantitative estimate of drug-likeness (QED) is 0.769. The largest absolute Gasteiger partial charge is 0.481 e. The molecule has 106 valence electrons. The van der Waals surface area contributed by atoms with Crippen LogP contribution >= 0.6 is 22.6 Å². The van der Waals surface area contributed by atoms with E-state index >= 15 is 0 Å². The maximum absolute atomic E-state index is 12.4. The van der Waals surface area contributed by atoms with E-state index < -0.39 is 11.9 Å². The maximum atomic E-state index is 12.4. The van der Waals surface area contributed by atoms with Gasteiger partial charge in [-0.25, -0.2) is 4.79 Å². The Balaban J connectivity index is 1.76. The van der Waals surface area contributed by atoms with Crippen molar-refractivity contribution >= 4 is 40.3 Å². The fourth-order valence-corrected chi connectivity index (χ4v) is 3.84. The first-order chi connectivity index (χ1) is 9.58. The summed E-state index contributed by atoms with van der Waals surface area (Å²) in [5.41, 5.74) is 0.774. The van der Waals surface area contributed by atoms with E-state index in [-0.39, 0.29) is 18.1 Å². The number of urea groups is 1. The van der Waals surface area contributed by atoms with E-state index in [0.717, 1.165) is 22.1 Å². The van der Waals surface area contributed by atoms with Crippen molar-refractivity contribution in [3.63, 3.8) is 0 Å². The molecule has 2 heterocycles. The minimum Gasteiger partial charge on any atom is -0.481 e. The molecule has 2 fully saturated rings. The highest BCUT2D eigenvalue weighted by atomic mass is 127. The molecule has 2 bridgehead atoms. The number of hydrogen-bond donors (Lipinski definition) is 2. The molecular weight excluding hydrogens is 371 g/mol. The number of carbonyl (C=O) groups is 2. The first-order valence-electron chi connectivity index (χ1n) is 6.64. The van der Waals surface area contributed by atoms with Crippen molar-refractivity contribution in [2.24, 2.45) is 5.92 Å². The average molecular weight is 386 g/mol. The van der Waals surface area contributed by atoms with Gasteiger partial charge in [0.05, 0.1) is 11.6 Å². The Morgan fingerprint density at radius 3 is 2.70 bits per heavy atom. The van der Waals surface area contributed by atoms with Crippen LogP contribution in [0.5, 0.6) is 0 Å². The molecule has 0 saturated carbocycles. The van der Waals surface area contributed by atoms with E-state index in [1.165, 1.54) is 0 Å². The lowest BCUT2D eigenvalue weighted by Gasteiger charge is -2.23. The molecular formula is C14H15IN2O3. The van der Waals surface area contributed by atoms with E-state index in [1.54, 1.807) is 4.90 Å². The Labute approximate surface area is 130 Å². The Hall–Kier alpha value is -1.31. The van der Waals surface area contributed by atoms with Crippen LogP contribution in [0.25, 0.3) is 0 Å². The topological polar surface area (TPSA) is 69.6 Å². The molecule has 2 aliphatic rings. The van der Waals surface area contributed by atoms with Gasteiger partial charge in [0.15, 0.2) is 0 Å². The molecule has 0 aromatic heterocycles. The molecule has 0 radical (unpaired) electrons. The first kappa shape index (κ1) is 13.7. The Morgan fingerprint density at radius 2 is 2.05 bits per heavy atom. The summed E-state index contributed by atoms with van der Waals surface area (Å²) in [6.07, 6.45) is 2.29. The number of para-hydroxylation sites is 1. The summed E-state index contributed by atoms with van der Waals surface area (Å²) in [6.45, 7) is 0. The zero-order chi connectivity index (χ0) is 14.3. The Morgan fingerprint density at radius 1 is 1.30 bits per heavy atom. The predicted octanol–water partition coefficient (Wildman–Crippen LogP) is 2.76. The fraction of sp³-hybridized carbons (Fsp3) is 0.429. The molecule has 2 aliphatic heterocycles. The van der Waals surface area contributed by atoms with Crippen molar-refractivity contribution in [2.75, 3.05) is 5.32 Å². The molecule has 20 heavy (non-hydrogen) atoms. The second-order valence-electron chi connectivity index (χ2n) is 5.30. The normalized spacial score (nSPS) is 27.6. The van der Waals surface area contributed by atoms with E-state index in [0.29, 0.717) is 6.42 Å². The maximum Gasteiger partial charge on any atom is 0.322 e. The van der Waals surface area contributed by atoms with Crippen LogP contribution in [0, 0.1) is 9.49 Å². The first-order valence-corrected chi connectivity index (χ1v) is 7.72. The van der Waals surface area contributed by atoms with Crippen LogP contribution in [-0.2, 0) is 4.79 Å². The standard InChI is InChI=1S/C14H15IN2O3/c15-10-3-1-2-4-11(10)16-14(20)17-8-5-6-12(17)9(7-8)13(18)19/h1-4,8-9,12H,5-7H2,(H,16,20)(H,18,19). The molecule has 2 N–H and O–H groups in total. The van der Waals surface area contributed by atoms with Crippen LogP contribution in [0.2, 0.25) is 0 Å². The highest BCUT2D eigenvalue weighted by Gasteiger charge is 2.51. The van der Waals surface area contributed by atoms with Gasteiger partial charge < -0.3 is 15.3 Å². The number of halogens is 1. The molecule has 3 atom stereocenters. The molecule has 3 rings (SSSR count). The van der Waals surface area contributed by atoms with Crippen molar-refractivity contribution in [1.29, 1.82) is 0 Å². The van der Waals surface area contributed by atoms with E-state index in [9.17, 15) is 14.7 Å². The average Bonchev–Trinajstić information content (AvgIpc) is 2.99. The van der Waals surface area contributed by atoms with Gasteiger partial charge in [-0.15, -0.1) is 0 Å². The van der Waals surface area contributed by atoms with Gasteiger partial charge in [0, 0.05) is 15.7 Å². The zero-order valence-electron chi connectivity index (χ0n) is 10.8. The summed E-state index contributed by atoms with van der Waals surface area (Å²) >= 11 is 2.17. The number of nitrogens with one attached hydrogen (secondary N) is 1. The summed E-state index contributed by atoms with van der Waals surface area (Å²) in [6, 6.07) is 7.31. The van der Waals surface area contributed by atoms with E-state index in [1.807, 2.05) is 24.3 Å². The van der Waals surface area contributed by atoms with Crippen molar-refractivity contribution in [1.82, 2.24) is 4.90 Å². The van der Waals surface area contributed by atoms with Gasteiger partial charge in [-0.1, -0.05) is 12.1 Å². The summed E-state index contributed by atoms with van der Waals surface area (Å²) in [7, 11) is 0. The summed E-state index contributed by atoms with van der Waals surface area (Å²) < 4.78 is 0.972. The molecule has 2 amide bonds. The molecule has 1 aromatic carbocycles. The number of anilines is 1. The number of rotatable bonds is 2. The minimum atomic E-state index is -0.788. The predicted molar refractivity (Wildman–Crippen MR) is 82.6 cm³/mol. The van der Waals surface area contributed by atoms with Crippen molar-refractivity contribution in [3.8, 4) is 0 Å². The number of benzene rings is 1. The molecule has 0 aliphatic carbocycles. The van der Waals surface area contributed by atoms with Crippen molar-refractivity contribution < 1.29 is 14.7 Å². The van der Waals surface area contributed by atoms with Crippen LogP contribution in [0.3, 0.4) is 0 Å². The van der Waals surface area contributed by atoms with Crippen LogP contribution < -0.4 is 5.32 Å². The number of carboxylic acid groups (broad SMARTS) is 1. The molecule has 0 spiro atoms. The number of carboxylic acids is 1. The van der Waals surface area contributed by atoms with Crippen molar-refractivity contribution in [2.45, 2.75) is 31.3 Å². The number of nitrogens with zero attached hydrogens (tertiary/aromatic N) is 1. The van der Waals surface area contributed by atoms with E-state index in [2.05, 4.69) is 27.9 Å². The van der Waals surface area contributed by atoms with Crippen LogP contribution in [-0.4, -0.2) is 34.1 Å². The molecule has 1 aromatic rings. The second-order valence-corrected chi connectivity index (χ2v) is 6.46. The lowest BCUT2D eigenvalue weighted by atomic mass is 9.89. The minimum absolute atomic E-state index is 0.0717. The molecule has 3 unspecified atom stereocenters. The number of amides is 2. The van der Waals surface area contributed by atoms with Crippen LogP contribution in [0.15, 0.2) is 24.3 Å². The molecule has 2 saturated heterocycles. The number of hydrogen-bond acceptors (Lipinski definition) is 2. The van der Waals surface area contributed by atoms with Gasteiger partial charge in [0.1, 0.15) is 0 Å². The van der Waals surface area contributed by atoms with Crippen LogP contribution in [0.4, 0.5) is 10.5 Å². The Bertz CT molecular complexity index is 563. The number of aliphatic carboxylic acids is 1. The Kier molecular flexibility index (Phi) is 3.57. The third-order valence-electron chi connectivity index (χ3n) is 4.20. The summed E-state index contributed by atoms with van der Waals surface area (Å²) in [5, 5.41) is 12.1. The fourth-order valence-electron chi connectivity index (χ4n) is 3.31. The van der Waals surface area contributed by atoms with E-state index in [4.69, 9.17) is 0 Å². The van der Waals surface area contributed by atoms with Gasteiger partial charge in [-0.3, -0.25) is 4.79 Å². The highest BCUT2D eigenvalue weighted by Crippen LogP contribution is 2.42. The monoisotopic (exact) mass is 386 g/mol. The third kappa shape index (κ3) is 2.25. The molecule has 6 heteroatoms. The number of carbonyl (C=O) groups excluding carboxylic acids is 1. The third-order valence-corrected chi connectivity index (χ3v) is 5.14. The van der Waals surface area contributed by atoms with Gasteiger partial charge in [-0.05, 0) is 54.0 Å². The van der Waals surface area contributed by atoms with Gasteiger partial charge in [0.25, 0.3) is 0 Å². The summed E-state index contributed by atoms with van der Waals surface area (Å²) in [5.74, 6) is -1.20. The lowest BCUT2D eigenvalue weighted by molar-refractivity contribution is -0.142. The van der Waals surface area contributed by atoms with Gasteiger partial charge in [-0.2, -0.15) is 0 Å². The lowest BCUT2D eigenvalue weighted by Crippen LogP contribution is -2.40. The smallest absolute Gasteiger partial charge is 0.322 e. The number of fused-ring (bicyclic) bond motifs is 2.